The summed E-state index contributed by atoms with van der Waals surface area (Å²) in [6.45, 7) is 2.16. The number of carbonyl (C=O) groups is 2. The molecule has 4 nitrogen and oxygen atoms in total. The summed E-state index contributed by atoms with van der Waals surface area (Å²) in [6, 6.07) is 15.5. The monoisotopic (exact) mass is 380 g/mol. The lowest BCUT2D eigenvalue weighted by molar-refractivity contribution is -0.116. The van der Waals surface area contributed by atoms with Gasteiger partial charge in [0.05, 0.1) is 16.3 Å². The number of amides is 2. The highest BCUT2D eigenvalue weighted by atomic mass is 32.1. The average molecular weight is 380 g/mol. The van der Waals surface area contributed by atoms with Crippen molar-refractivity contribution in [3.8, 4) is 10.4 Å². The Labute approximate surface area is 160 Å². The normalized spacial score (nSPS) is 12.7. The minimum absolute atomic E-state index is 0.0369. The van der Waals surface area contributed by atoms with Crippen molar-refractivity contribution in [2.24, 2.45) is 0 Å². The van der Waals surface area contributed by atoms with E-state index in [1.54, 1.807) is 23.1 Å². The number of para-hydroxylation sites is 1. The molecule has 0 unspecified atom stereocenters. The molecule has 0 saturated heterocycles. The van der Waals surface area contributed by atoms with Gasteiger partial charge in [-0.15, -0.1) is 11.3 Å². The molecule has 3 aromatic rings. The summed E-state index contributed by atoms with van der Waals surface area (Å²) >= 11 is 1.34. The highest BCUT2D eigenvalue weighted by molar-refractivity contribution is 7.17. The number of halogens is 1. The summed E-state index contributed by atoms with van der Waals surface area (Å²) in [5, 5.41) is 2.93. The molecule has 0 bridgehead atoms. The van der Waals surface area contributed by atoms with Crippen LogP contribution in [0.2, 0.25) is 0 Å². The molecule has 1 aliphatic heterocycles. The van der Waals surface area contributed by atoms with Crippen LogP contribution in [0.25, 0.3) is 10.4 Å². The number of anilines is 2. The van der Waals surface area contributed by atoms with Crippen molar-refractivity contribution >= 4 is 34.5 Å². The second kappa shape index (κ2) is 6.96. The van der Waals surface area contributed by atoms with Gasteiger partial charge >= 0.3 is 0 Å². The van der Waals surface area contributed by atoms with Crippen molar-refractivity contribution < 1.29 is 14.0 Å². The van der Waals surface area contributed by atoms with E-state index >= 15 is 0 Å². The number of hydrogen-bond acceptors (Lipinski definition) is 3. The summed E-state index contributed by atoms with van der Waals surface area (Å²) in [5.74, 6) is -0.552. The van der Waals surface area contributed by atoms with E-state index in [1.807, 2.05) is 24.3 Å². The smallest absolute Gasteiger partial charge is 0.265 e. The molecule has 0 fully saturated rings. The molecule has 0 saturated carbocycles. The first-order valence-corrected chi connectivity index (χ1v) is 9.42. The van der Waals surface area contributed by atoms with Crippen molar-refractivity contribution in [1.29, 1.82) is 0 Å². The Kier molecular flexibility index (Phi) is 4.49. The van der Waals surface area contributed by atoms with Crippen LogP contribution in [-0.4, -0.2) is 18.4 Å². The number of fused-ring (bicyclic) bond motifs is 1. The molecule has 2 heterocycles. The topological polar surface area (TPSA) is 49.4 Å². The average Bonchev–Trinajstić information content (AvgIpc) is 3.30. The fourth-order valence-electron chi connectivity index (χ4n) is 3.28. The molecule has 4 rings (SSSR count). The Morgan fingerprint density at radius 2 is 1.85 bits per heavy atom. The van der Waals surface area contributed by atoms with Crippen molar-refractivity contribution in [3.63, 3.8) is 0 Å². The molecule has 2 amide bonds. The highest BCUT2D eigenvalue weighted by Gasteiger charge is 2.26. The zero-order valence-electron chi connectivity index (χ0n) is 14.7. The standard InChI is InChI=1S/C21H17FN2O2S/c1-13(25)24-12-11-15-3-2-4-17(20(15)24)23-21(26)19-10-9-18(27-19)14-5-7-16(22)8-6-14/h2-10H,11-12H2,1H3,(H,23,26). The Morgan fingerprint density at radius 3 is 2.59 bits per heavy atom. The minimum Gasteiger partial charge on any atom is -0.319 e. The third-order valence-corrected chi connectivity index (χ3v) is 5.71. The summed E-state index contributed by atoms with van der Waals surface area (Å²) in [7, 11) is 0. The fraction of sp³-hybridized carbons (Fsp3) is 0.143. The van der Waals surface area contributed by atoms with Gasteiger partial charge in [-0.25, -0.2) is 4.39 Å². The molecule has 1 N–H and O–H groups in total. The van der Waals surface area contributed by atoms with E-state index in [9.17, 15) is 14.0 Å². The molecule has 6 heteroatoms. The summed E-state index contributed by atoms with van der Waals surface area (Å²) in [4.78, 5) is 27.8. The maximum absolute atomic E-state index is 13.1. The number of carbonyl (C=O) groups excluding carboxylic acids is 2. The molecule has 136 valence electrons. The maximum atomic E-state index is 13.1. The van der Waals surface area contributed by atoms with E-state index in [-0.39, 0.29) is 17.6 Å². The molecule has 0 spiro atoms. The Morgan fingerprint density at radius 1 is 1.07 bits per heavy atom. The van der Waals surface area contributed by atoms with Gasteiger partial charge in [0.25, 0.3) is 5.91 Å². The molecular formula is C21H17FN2O2S. The van der Waals surface area contributed by atoms with Crippen LogP contribution < -0.4 is 10.2 Å². The van der Waals surface area contributed by atoms with Crippen LogP contribution in [0.15, 0.2) is 54.6 Å². The summed E-state index contributed by atoms with van der Waals surface area (Å²) in [6.07, 6.45) is 0.784. The van der Waals surface area contributed by atoms with E-state index in [2.05, 4.69) is 5.32 Å². The molecule has 1 aromatic heterocycles. The number of hydrogen-bond donors (Lipinski definition) is 1. The number of nitrogens with one attached hydrogen (secondary N) is 1. The van der Waals surface area contributed by atoms with Gasteiger partial charge in [0.15, 0.2) is 0 Å². The first-order chi connectivity index (χ1) is 13.0. The SMILES string of the molecule is CC(=O)N1CCc2cccc(NC(=O)c3ccc(-c4ccc(F)cc4)s3)c21. The van der Waals surface area contributed by atoms with Crippen molar-refractivity contribution in [2.75, 3.05) is 16.8 Å². The highest BCUT2D eigenvalue weighted by Crippen LogP contribution is 2.36. The molecular weight excluding hydrogens is 363 g/mol. The lowest BCUT2D eigenvalue weighted by atomic mass is 10.1. The molecule has 2 aromatic carbocycles. The lowest BCUT2D eigenvalue weighted by Gasteiger charge is -2.18. The maximum Gasteiger partial charge on any atom is 0.265 e. The second-order valence-electron chi connectivity index (χ2n) is 6.36. The summed E-state index contributed by atoms with van der Waals surface area (Å²) in [5.41, 5.74) is 3.35. The van der Waals surface area contributed by atoms with Gasteiger partial charge < -0.3 is 10.2 Å². The number of benzene rings is 2. The van der Waals surface area contributed by atoms with Gasteiger partial charge in [-0.2, -0.15) is 0 Å². The van der Waals surface area contributed by atoms with Crippen LogP contribution >= 0.6 is 11.3 Å². The number of nitrogens with zero attached hydrogens (tertiary/aromatic N) is 1. The van der Waals surface area contributed by atoms with Gasteiger partial charge in [0.1, 0.15) is 5.82 Å². The molecule has 0 atom stereocenters. The molecule has 0 radical (unpaired) electrons. The Balaban J connectivity index is 1.58. The van der Waals surface area contributed by atoms with E-state index in [4.69, 9.17) is 0 Å². The third-order valence-electron chi connectivity index (χ3n) is 4.58. The predicted molar refractivity (Wildman–Crippen MR) is 106 cm³/mol. The van der Waals surface area contributed by atoms with Crippen molar-refractivity contribution in [1.82, 2.24) is 0 Å². The molecule has 1 aliphatic rings. The van der Waals surface area contributed by atoms with Gasteiger partial charge in [0, 0.05) is 18.3 Å². The predicted octanol–water partition coefficient (Wildman–Crippen LogP) is 4.72. The van der Waals surface area contributed by atoms with Gasteiger partial charge in [-0.3, -0.25) is 9.59 Å². The van der Waals surface area contributed by atoms with Gasteiger partial charge in [-0.1, -0.05) is 24.3 Å². The second-order valence-corrected chi connectivity index (χ2v) is 7.44. The van der Waals surface area contributed by atoms with E-state index in [0.717, 1.165) is 28.1 Å². The Hall–Kier alpha value is -2.99. The van der Waals surface area contributed by atoms with Crippen LogP contribution in [0.1, 0.15) is 22.2 Å². The number of rotatable bonds is 3. The lowest BCUT2D eigenvalue weighted by Crippen LogP contribution is -2.27. The molecule has 27 heavy (non-hydrogen) atoms. The van der Waals surface area contributed by atoms with E-state index in [0.29, 0.717) is 17.1 Å². The number of thiophene rings is 1. The van der Waals surface area contributed by atoms with Crippen molar-refractivity contribution in [3.05, 3.63) is 70.9 Å². The van der Waals surface area contributed by atoms with Crippen LogP contribution in [-0.2, 0) is 11.2 Å². The van der Waals surface area contributed by atoms with Crippen LogP contribution in [0.3, 0.4) is 0 Å². The molecule has 0 aliphatic carbocycles. The van der Waals surface area contributed by atoms with E-state index in [1.165, 1.54) is 30.4 Å². The zero-order valence-corrected chi connectivity index (χ0v) is 15.5. The Bertz CT molecular complexity index is 1030. The van der Waals surface area contributed by atoms with E-state index < -0.39 is 0 Å². The largest absolute Gasteiger partial charge is 0.319 e. The van der Waals surface area contributed by atoms with Crippen LogP contribution in [0.5, 0.6) is 0 Å². The van der Waals surface area contributed by atoms with Gasteiger partial charge in [0.2, 0.25) is 5.91 Å². The third kappa shape index (κ3) is 3.36. The quantitative estimate of drug-likeness (QED) is 0.715. The van der Waals surface area contributed by atoms with Crippen LogP contribution in [0.4, 0.5) is 15.8 Å². The summed E-state index contributed by atoms with van der Waals surface area (Å²) < 4.78 is 13.1. The van der Waals surface area contributed by atoms with Crippen molar-refractivity contribution in [2.45, 2.75) is 13.3 Å². The zero-order chi connectivity index (χ0) is 19.0. The van der Waals surface area contributed by atoms with Gasteiger partial charge in [-0.05, 0) is 47.9 Å². The minimum atomic E-state index is -0.291. The van der Waals surface area contributed by atoms with Crippen LogP contribution in [0, 0.1) is 5.82 Å². The first-order valence-electron chi connectivity index (χ1n) is 8.60. The fourth-order valence-corrected chi connectivity index (χ4v) is 4.19. The first kappa shape index (κ1) is 17.4.